The summed E-state index contributed by atoms with van der Waals surface area (Å²) < 4.78 is 0. The molecule has 0 radical (unpaired) electrons. The van der Waals surface area contributed by atoms with Crippen molar-refractivity contribution in [2.24, 2.45) is 17.3 Å². The van der Waals surface area contributed by atoms with Crippen LogP contribution in [0.2, 0.25) is 0 Å². The van der Waals surface area contributed by atoms with Gasteiger partial charge < -0.3 is 10.2 Å². The van der Waals surface area contributed by atoms with Crippen LogP contribution in [0.5, 0.6) is 0 Å². The first-order valence-corrected chi connectivity index (χ1v) is 7.90. The maximum atomic E-state index is 11.5. The zero-order valence-electron chi connectivity index (χ0n) is 13.6. The summed E-state index contributed by atoms with van der Waals surface area (Å²) in [4.78, 5) is 23.0. The van der Waals surface area contributed by atoms with Gasteiger partial charge in [0, 0.05) is 0 Å². The highest BCUT2D eigenvalue weighted by Gasteiger charge is 2.41. The SMILES string of the molecule is CC(C)CC(=C(C(=O)O)C(=O)O)C1(CC(C)C)CCCC1. The second-order valence-electron chi connectivity index (χ2n) is 7.15. The maximum Gasteiger partial charge on any atom is 0.343 e. The van der Waals surface area contributed by atoms with E-state index in [0.717, 1.165) is 32.1 Å². The maximum absolute atomic E-state index is 11.5. The molecule has 4 heteroatoms. The molecule has 1 aliphatic rings. The first-order valence-electron chi connectivity index (χ1n) is 7.90. The molecule has 0 aromatic carbocycles. The fourth-order valence-corrected chi connectivity index (χ4v) is 3.80. The van der Waals surface area contributed by atoms with Gasteiger partial charge in [0.1, 0.15) is 5.57 Å². The monoisotopic (exact) mass is 296 g/mol. The number of carbonyl (C=O) groups is 2. The van der Waals surface area contributed by atoms with Gasteiger partial charge in [0.05, 0.1) is 0 Å². The molecule has 0 atom stereocenters. The number of rotatable bonds is 7. The lowest BCUT2D eigenvalue weighted by molar-refractivity contribution is -0.140. The molecule has 0 spiro atoms. The van der Waals surface area contributed by atoms with Gasteiger partial charge in [-0.25, -0.2) is 9.59 Å². The predicted octanol–water partition coefficient (Wildman–Crippen LogP) is 4.10. The molecule has 0 saturated heterocycles. The zero-order valence-corrected chi connectivity index (χ0v) is 13.6. The Morgan fingerprint density at radius 3 is 1.76 bits per heavy atom. The minimum Gasteiger partial charge on any atom is -0.477 e. The quantitative estimate of drug-likeness (QED) is 0.421. The van der Waals surface area contributed by atoms with Crippen molar-refractivity contribution in [2.45, 2.75) is 66.2 Å². The number of hydrogen-bond donors (Lipinski definition) is 2. The third kappa shape index (κ3) is 4.32. The molecule has 0 aromatic heterocycles. The molecule has 0 aliphatic heterocycles. The van der Waals surface area contributed by atoms with Crippen molar-refractivity contribution in [3.63, 3.8) is 0 Å². The third-order valence-electron chi connectivity index (χ3n) is 4.34. The Morgan fingerprint density at radius 2 is 1.43 bits per heavy atom. The summed E-state index contributed by atoms with van der Waals surface area (Å²) in [6.45, 7) is 8.27. The minimum atomic E-state index is -1.30. The largest absolute Gasteiger partial charge is 0.477 e. The highest BCUT2D eigenvalue weighted by Crippen LogP contribution is 2.51. The van der Waals surface area contributed by atoms with Crippen molar-refractivity contribution in [1.29, 1.82) is 0 Å². The van der Waals surface area contributed by atoms with Crippen molar-refractivity contribution in [1.82, 2.24) is 0 Å². The molecular weight excluding hydrogens is 268 g/mol. The molecule has 0 amide bonds. The Balaban J connectivity index is 3.42. The van der Waals surface area contributed by atoms with Crippen LogP contribution < -0.4 is 0 Å². The van der Waals surface area contributed by atoms with Crippen LogP contribution in [-0.2, 0) is 9.59 Å². The minimum absolute atomic E-state index is 0.232. The molecule has 0 aromatic rings. The standard InChI is InChI=1S/C17H28O4/c1-11(2)9-13(14(15(18)19)16(20)21)17(10-12(3)4)7-5-6-8-17/h11-12H,5-10H2,1-4H3,(H,18,19)(H,20,21). The fraction of sp³-hybridized carbons (Fsp3) is 0.765. The van der Waals surface area contributed by atoms with Crippen molar-refractivity contribution >= 4 is 11.9 Å². The topological polar surface area (TPSA) is 74.6 Å². The molecule has 1 fully saturated rings. The van der Waals surface area contributed by atoms with Crippen molar-refractivity contribution in [2.75, 3.05) is 0 Å². The summed E-state index contributed by atoms with van der Waals surface area (Å²) in [5.74, 6) is -1.92. The van der Waals surface area contributed by atoms with Crippen LogP contribution in [0, 0.1) is 17.3 Å². The zero-order chi connectivity index (χ0) is 16.2. The van der Waals surface area contributed by atoms with Crippen LogP contribution in [0.15, 0.2) is 11.1 Å². The van der Waals surface area contributed by atoms with E-state index < -0.39 is 11.9 Å². The molecule has 1 rings (SSSR count). The van der Waals surface area contributed by atoms with Crippen LogP contribution in [-0.4, -0.2) is 22.2 Å². The van der Waals surface area contributed by atoms with Gasteiger partial charge in [-0.2, -0.15) is 0 Å². The Hall–Kier alpha value is -1.32. The Morgan fingerprint density at radius 1 is 0.952 bits per heavy atom. The lowest BCUT2D eigenvalue weighted by atomic mass is 9.68. The summed E-state index contributed by atoms with van der Waals surface area (Å²) in [6.07, 6.45) is 5.37. The van der Waals surface area contributed by atoms with Gasteiger partial charge in [-0.3, -0.25) is 0 Å². The molecule has 21 heavy (non-hydrogen) atoms. The van der Waals surface area contributed by atoms with Crippen molar-refractivity contribution in [3.05, 3.63) is 11.1 Å². The molecule has 0 bridgehead atoms. The lowest BCUT2D eigenvalue weighted by Crippen LogP contribution is -2.28. The van der Waals surface area contributed by atoms with E-state index in [-0.39, 0.29) is 16.9 Å². The van der Waals surface area contributed by atoms with Crippen LogP contribution in [0.4, 0.5) is 0 Å². The van der Waals surface area contributed by atoms with E-state index in [1.165, 1.54) is 0 Å². The first kappa shape index (κ1) is 17.7. The van der Waals surface area contributed by atoms with Gasteiger partial charge in [-0.05, 0) is 48.5 Å². The number of carboxylic acids is 2. The van der Waals surface area contributed by atoms with Gasteiger partial charge in [-0.15, -0.1) is 0 Å². The van der Waals surface area contributed by atoms with E-state index >= 15 is 0 Å². The highest BCUT2D eigenvalue weighted by atomic mass is 16.4. The normalized spacial score (nSPS) is 17.2. The Bertz CT molecular complexity index is 410. The van der Waals surface area contributed by atoms with Crippen LogP contribution in [0.1, 0.15) is 66.2 Å². The second kappa shape index (κ2) is 7.10. The average Bonchev–Trinajstić information content (AvgIpc) is 2.75. The summed E-state index contributed by atoms with van der Waals surface area (Å²) in [7, 11) is 0. The number of hydrogen-bond acceptors (Lipinski definition) is 2. The van der Waals surface area contributed by atoms with Crippen LogP contribution in [0.25, 0.3) is 0 Å². The van der Waals surface area contributed by atoms with Crippen LogP contribution >= 0.6 is 0 Å². The molecule has 1 saturated carbocycles. The Labute approximate surface area is 127 Å². The van der Waals surface area contributed by atoms with E-state index in [0.29, 0.717) is 17.9 Å². The molecule has 4 nitrogen and oxygen atoms in total. The number of allylic oxidation sites excluding steroid dienone is 1. The predicted molar refractivity (Wildman–Crippen MR) is 82.1 cm³/mol. The summed E-state index contributed by atoms with van der Waals surface area (Å²) in [6, 6.07) is 0. The molecular formula is C17H28O4. The van der Waals surface area contributed by atoms with Crippen molar-refractivity contribution < 1.29 is 19.8 Å². The van der Waals surface area contributed by atoms with Gasteiger partial charge in [0.15, 0.2) is 0 Å². The van der Waals surface area contributed by atoms with E-state index in [4.69, 9.17) is 0 Å². The van der Waals surface area contributed by atoms with Gasteiger partial charge in [0.2, 0.25) is 0 Å². The van der Waals surface area contributed by atoms with Gasteiger partial charge >= 0.3 is 11.9 Å². The van der Waals surface area contributed by atoms with E-state index in [1.54, 1.807) is 0 Å². The molecule has 1 aliphatic carbocycles. The molecule has 120 valence electrons. The average molecular weight is 296 g/mol. The number of aliphatic carboxylic acids is 2. The van der Waals surface area contributed by atoms with Crippen LogP contribution in [0.3, 0.4) is 0 Å². The van der Waals surface area contributed by atoms with Crippen molar-refractivity contribution in [3.8, 4) is 0 Å². The first-order chi connectivity index (χ1) is 9.69. The Kier molecular flexibility index (Phi) is 5.99. The summed E-state index contributed by atoms with van der Waals surface area (Å²) in [5, 5.41) is 18.8. The fourth-order valence-electron chi connectivity index (χ4n) is 3.80. The third-order valence-corrected chi connectivity index (χ3v) is 4.34. The van der Waals surface area contributed by atoms with E-state index in [1.807, 2.05) is 13.8 Å². The second-order valence-corrected chi connectivity index (χ2v) is 7.15. The lowest BCUT2D eigenvalue weighted by Gasteiger charge is -2.35. The number of carboxylic acid groups (broad SMARTS) is 2. The van der Waals surface area contributed by atoms with Gasteiger partial charge in [0.25, 0.3) is 0 Å². The smallest absolute Gasteiger partial charge is 0.343 e. The van der Waals surface area contributed by atoms with Gasteiger partial charge in [-0.1, -0.05) is 40.5 Å². The van der Waals surface area contributed by atoms with E-state index in [2.05, 4.69) is 13.8 Å². The molecule has 0 unspecified atom stereocenters. The molecule has 0 heterocycles. The summed E-state index contributed by atoms with van der Waals surface area (Å²) >= 11 is 0. The molecule has 2 N–H and O–H groups in total. The highest BCUT2D eigenvalue weighted by molar-refractivity contribution is 6.13. The van der Waals surface area contributed by atoms with E-state index in [9.17, 15) is 19.8 Å². The summed E-state index contributed by atoms with van der Waals surface area (Å²) in [5.41, 5.74) is 0.0554.